The Bertz CT molecular complexity index is 737. The summed E-state index contributed by atoms with van der Waals surface area (Å²) < 4.78 is 1.51. The number of fused-ring (bicyclic) bond motifs is 1. The molecule has 0 spiro atoms. The lowest BCUT2D eigenvalue weighted by Crippen LogP contribution is -2.41. The third-order valence-corrected chi connectivity index (χ3v) is 3.10. The minimum Gasteiger partial charge on any atom is -0.481 e. The summed E-state index contributed by atoms with van der Waals surface area (Å²) in [6, 6.07) is 3.94. The van der Waals surface area contributed by atoms with E-state index in [1.807, 2.05) is 19.1 Å². The fourth-order valence-electron chi connectivity index (χ4n) is 1.97. The maximum absolute atomic E-state index is 12.1. The lowest BCUT2D eigenvalue weighted by Gasteiger charge is -2.12. The third kappa shape index (κ3) is 3.60. The Hall–Kier alpha value is -2.90. The highest BCUT2D eigenvalue weighted by Gasteiger charge is 2.22. The van der Waals surface area contributed by atoms with Gasteiger partial charge in [-0.2, -0.15) is 5.10 Å². The van der Waals surface area contributed by atoms with Crippen molar-refractivity contribution < 1.29 is 24.6 Å². The number of amides is 1. The van der Waals surface area contributed by atoms with E-state index in [0.717, 1.165) is 5.56 Å². The number of rotatable bonds is 6. The van der Waals surface area contributed by atoms with Gasteiger partial charge in [-0.05, 0) is 37.1 Å². The van der Waals surface area contributed by atoms with E-state index in [-0.39, 0.29) is 18.5 Å². The monoisotopic (exact) mass is 305 g/mol. The van der Waals surface area contributed by atoms with Gasteiger partial charge in [0, 0.05) is 12.6 Å². The van der Waals surface area contributed by atoms with Crippen LogP contribution in [0.2, 0.25) is 0 Å². The number of aliphatic carboxylic acids is 2. The Labute approximate surface area is 125 Å². The van der Waals surface area contributed by atoms with Crippen LogP contribution in [0, 0.1) is 6.92 Å². The van der Waals surface area contributed by atoms with Crippen molar-refractivity contribution >= 4 is 23.4 Å². The zero-order valence-corrected chi connectivity index (χ0v) is 11.8. The molecule has 0 unspecified atom stereocenters. The molecule has 22 heavy (non-hydrogen) atoms. The van der Waals surface area contributed by atoms with Crippen molar-refractivity contribution in [2.45, 2.75) is 25.8 Å². The maximum atomic E-state index is 12.1. The van der Waals surface area contributed by atoms with Crippen molar-refractivity contribution in [3.05, 3.63) is 35.7 Å². The molecule has 8 nitrogen and oxygen atoms in total. The summed E-state index contributed by atoms with van der Waals surface area (Å²) in [6.45, 7) is 1.90. The number of carbonyl (C=O) groups excluding carboxylic acids is 1. The number of nitrogens with one attached hydrogen (secondary N) is 1. The Morgan fingerprint density at radius 1 is 1.32 bits per heavy atom. The van der Waals surface area contributed by atoms with Crippen molar-refractivity contribution in [2.75, 3.05) is 0 Å². The number of aryl methyl sites for hydroxylation is 1. The highest BCUT2D eigenvalue weighted by Crippen LogP contribution is 2.09. The first-order valence-corrected chi connectivity index (χ1v) is 6.58. The molecule has 3 N–H and O–H groups in total. The first-order chi connectivity index (χ1) is 10.4. The Balaban J connectivity index is 2.14. The maximum Gasteiger partial charge on any atom is 0.326 e. The molecule has 0 fully saturated rings. The van der Waals surface area contributed by atoms with Crippen LogP contribution in [0.3, 0.4) is 0 Å². The van der Waals surface area contributed by atoms with Crippen molar-refractivity contribution in [3.8, 4) is 0 Å². The summed E-state index contributed by atoms with van der Waals surface area (Å²) in [5.74, 6) is -3.06. The number of carboxylic acids is 2. The smallest absolute Gasteiger partial charge is 0.326 e. The molecule has 0 saturated heterocycles. The molecule has 116 valence electrons. The van der Waals surface area contributed by atoms with E-state index in [1.54, 1.807) is 12.3 Å². The Morgan fingerprint density at radius 3 is 2.68 bits per heavy atom. The molecule has 2 rings (SSSR count). The van der Waals surface area contributed by atoms with Gasteiger partial charge in [-0.25, -0.2) is 9.31 Å². The molecule has 0 radical (unpaired) electrons. The lowest BCUT2D eigenvalue weighted by molar-refractivity contribution is -0.140. The van der Waals surface area contributed by atoms with Gasteiger partial charge in [0.15, 0.2) is 5.69 Å². The molecule has 0 aliphatic carbocycles. The van der Waals surface area contributed by atoms with Crippen molar-refractivity contribution in [2.24, 2.45) is 0 Å². The minimum absolute atomic E-state index is 0.0761. The molecule has 0 aromatic carbocycles. The lowest BCUT2D eigenvalue weighted by atomic mass is 10.1. The van der Waals surface area contributed by atoms with Gasteiger partial charge < -0.3 is 15.5 Å². The van der Waals surface area contributed by atoms with E-state index in [4.69, 9.17) is 10.2 Å². The van der Waals surface area contributed by atoms with Crippen LogP contribution in [0.25, 0.3) is 5.52 Å². The van der Waals surface area contributed by atoms with Crippen LogP contribution in [-0.2, 0) is 9.59 Å². The van der Waals surface area contributed by atoms with Crippen molar-refractivity contribution in [3.63, 3.8) is 0 Å². The van der Waals surface area contributed by atoms with E-state index >= 15 is 0 Å². The number of aromatic nitrogens is 2. The number of carboxylic acid groups (broad SMARTS) is 2. The first-order valence-electron chi connectivity index (χ1n) is 6.58. The molecule has 0 saturated carbocycles. The number of hydrogen-bond donors (Lipinski definition) is 3. The zero-order valence-electron chi connectivity index (χ0n) is 11.8. The number of pyridine rings is 1. The largest absolute Gasteiger partial charge is 0.481 e. The van der Waals surface area contributed by atoms with Gasteiger partial charge >= 0.3 is 11.9 Å². The molecule has 0 aliphatic heterocycles. The number of nitrogens with zero attached hydrogens (tertiary/aromatic N) is 2. The van der Waals surface area contributed by atoms with Gasteiger partial charge in [-0.1, -0.05) is 0 Å². The van der Waals surface area contributed by atoms with Crippen LogP contribution in [0.15, 0.2) is 24.4 Å². The Morgan fingerprint density at radius 2 is 2.05 bits per heavy atom. The van der Waals surface area contributed by atoms with Gasteiger partial charge in [-0.3, -0.25) is 9.59 Å². The van der Waals surface area contributed by atoms with Crippen LogP contribution in [-0.4, -0.2) is 43.7 Å². The van der Waals surface area contributed by atoms with Gasteiger partial charge in [-0.15, -0.1) is 0 Å². The van der Waals surface area contributed by atoms with Gasteiger partial charge in [0.2, 0.25) is 0 Å². The van der Waals surface area contributed by atoms with E-state index in [2.05, 4.69) is 10.4 Å². The average molecular weight is 305 g/mol. The van der Waals surface area contributed by atoms with Crippen LogP contribution in [0.5, 0.6) is 0 Å². The topological polar surface area (TPSA) is 121 Å². The van der Waals surface area contributed by atoms with Crippen molar-refractivity contribution in [1.29, 1.82) is 0 Å². The molecule has 1 atom stereocenters. The summed E-state index contributed by atoms with van der Waals surface area (Å²) in [7, 11) is 0. The number of carbonyl (C=O) groups is 3. The van der Waals surface area contributed by atoms with Crippen LogP contribution >= 0.6 is 0 Å². The summed E-state index contributed by atoms with van der Waals surface area (Å²) in [4.78, 5) is 33.6. The molecular weight excluding hydrogens is 290 g/mol. The molecule has 0 bridgehead atoms. The zero-order chi connectivity index (χ0) is 16.3. The van der Waals surface area contributed by atoms with E-state index in [9.17, 15) is 14.4 Å². The van der Waals surface area contributed by atoms with Gasteiger partial charge in [0.05, 0.1) is 5.52 Å². The quantitative estimate of drug-likeness (QED) is 0.722. The predicted molar refractivity (Wildman–Crippen MR) is 75.7 cm³/mol. The van der Waals surface area contributed by atoms with Gasteiger partial charge in [0.1, 0.15) is 6.04 Å². The average Bonchev–Trinajstić information content (AvgIpc) is 2.85. The summed E-state index contributed by atoms with van der Waals surface area (Å²) in [5.41, 5.74) is 1.79. The minimum atomic E-state index is -1.28. The molecule has 2 aromatic rings. The second kappa shape index (κ2) is 6.25. The molecule has 2 aromatic heterocycles. The van der Waals surface area contributed by atoms with E-state index in [0.29, 0.717) is 5.52 Å². The number of hydrogen-bond acceptors (Lipinski definition) is 4. The second-order valence-corrected chi connectivity index (χ2v) is 4.90. The third-order valence-electron chi connectivity index (χ3n) is 3.10. The fourth-order valence-corrected chi connectivity index (χ4v) is 1.97. The Kier molecular flexibility index (Phi) is 4.40. The molecule has 0 aliphatic rings. The highest BCUT2D eigenvalue weighted by molar-refractivity contribution is 5.96. The normalized spacial score (nSPS) is 12.0. The van der Waals surface area contributed by atoms with Crippen LogP contribution < -0.4 is 5.32 Å². The summed E-state index contributed by atoms with van der Waals surface area (Å²) in [6.07, 6.45) is 1.16. The van der Waals surface area contributed by atoms with E-state index < -0.39 is 23.9 Å². The van der Waals surface area contributed by atoms with Crippen LogP contribution in [0.1, 0.15) is 28.9 Å². The predicted octanol–water partition coefficient (Wildman–Crippen LogP) is 0.691. The summed E-state index contributed by atoms with van der Waals surface area (Å²) >= 11 is 0. The SMILES string of the molecule is Cc1ccn2nc(C(=O)N[C@@H](CCC(=O)O)C(=O)O)cc2c1. The highest BCUT2D eigenvalue weighted by atomic mass is 16.4. The standard InChI is InChI=1S/C14H15N3O5/c1-8-4-5-17-9(6-8)7-11(16-17)13(20)15-10(14(21)22)2-3-12(18)19/h4-7,10H,2-3H2,1H3,(H,15,20)(H,18,19)(H,21,22)/t10-/m0/s1. The molecule has 1 amide bonds. The van der Waals surface area contributed by atoms with E-state index in [1.165, 1.54) is 4.52 Å². The molecular formula is C14H15N3O5. The van der Waals surface area contributed by atoms with Gasteiger partial charge in [0.25, 0.3) is 5.91 Å². The first kappa shape index (κ1) is 15.5. The fraction of sp³-hybridized carbons (Fsp3) is 0.286. The van der Waals surface area contributed by atoms with Crippen LogP contribution in [0.4, 0.5) is 0 Å². The second-order valence-electron chi connectivity index (χ2n) is 4.90. The molecule has 2 heterocycles. The summed E-state index contributed by atoms with van der Waals surface area (Å²) in [5, 5.41) is 24.0. The molecule has 8 heteroatoms. The van der Waals surface area contributed by atoms with Crippen molar-refractivity contribution in [1.82, 2.24) is 14.9 Å².